The monoisotopic (exact) mass is 254 g/mol. The first-order chi connectivity index (χ1) is 8.83. The molecule has 3 aromatic rings. The molecule has 1 aromatic heterocycles. The highest BCUT2D eigenvalue weighted by Gasteiger charge is 2.01. The van der Waals surface area contributed by atoms with E-state index in [1.165, 1.54) is 11.3 Å². The van der Waals surface area contributed by atoms with Crippen LogP contribution in [0.25, 0.3) is 10.2 Å². The van der Waals surface area contributed by atoms with Gasteiger partial charge in [0, 0.05) is 11.8 Å². The molecule has 0 radical (unpaired) electrons. The fraction of sp³-hybridized carbons (Fsp3) is 0. The van der Waals surface area contributed by atoms with Crippen LogP contribution in [0.4, 0.5) is 5.13 Å². The van der Waals surface area contributed by atoms with Gasteiger partial charge in [0.05, 0.1) is 10.2 Å². The van der Waals surface area contributed by atoms with Crippen LogP contribution in [0.2, 0.25) is 0 Å². The summed E-state index contributed by atoms with van der Waals surface area (Å²) >= 11 is 1.53. The Morgan fingerprint density at radius 2 is 1.83 bits per heavy atom. The van der Waals surface area contributed by atoms with Crippen molar-refractivity contribution in [2.24, 2.45) is 4.99 Å². The smallest absolute Gasteiger partial charge is 0.210 e. The SMILES string of the molecule is Oc1ccccc1C=Nc1nc2ccccc2s1. The van der Waals surface area contributed by atoms with Crippen molar-refractivity contribution in [1.82, 2.24) is 4.98 Å². The van der Waals surface area contributed by atoms with Crippen LogP contribution in [0.15, 0.2) is 53.5 Å². The number of thiazole rings is 1. The van der Waals surface area contributed by atoms with E-state index in [9.17, 15) is 5.11 Å². The molecule has 0 saturated heterocycles. The molecule has 3 rings (SSSR count). The van der Waals surface area contributed by atoms with Crippen LogP contribution < -0.4 is 0 Å². The standard InChI is InChI=1S/C14H10N2OS/c17-12-7-3-1-5-10(12)9-15-14-16-11-6-2-4-8-13(11)18-14/h1-9,17H. The third-order valence-electron chi connectivity index (χ3n) is 2.53. The van der Waals surface area contributed by atoms with Crippen molar-refractivity contribution in [1.29, 1.82) is 0 Å². The molecule has 0 aliphatic heterocycles. The van der Waals surface area contributed by atoms with E-state index in [2.05, 4.69) is 9.98 Å². The molecule has 3 nitrogen and oxygen atoms in total. The molecule has 0 spiro atoms. The van der Waals surface area contributed by atoms with Crippen molar-refractivity contribution in [3.8, 4) is 5.75 Å². The van der Waals surface area contributed by atoms with Crippen molar-refractivity contribution in [3.63, 3.8) is 0 Å². The molecule has 88 valence electrons. The van der Waals surface area contributed by atoms with E-state index >= 15 is 0 Å². The molecule has 4 heteroatoms. The number of fused-ring (bicyclic) bond motifs is 1. The summed E-state index contributed by atoms with van der Waals surface area (Å²) in [7, 11) is 0. The predicted molar refractivity (Wildman–Crippen MR) is 75.0 cm³/mol. The lowest BCUT2D eigenvalue weighted by atomic mass is 10.2. The Bertz CT molecular complexity index is 685. The largest absolute Gasteiger partial charge is 0.507 e. The molecule has 0 bridgehead atoms. The van der Waals surface area contributed by atoms with Gasteiger partial charge in [0.15, 0.2) is 0 Å². The number of hydrogen-bond acceptors (Lipinski definition) is 4. The third kappa shape index (κ3) is 2.10. The molecule has 0 fully saturated rings. The minimum Gasteiger partial charge on any atom is -0.507 e. The van der Waals surface area contributed by atoms with Gasteiger partial charge >= 0.3 is 0 Å². The van der Waals surface area contributed by atoms with Gasteiger partial charge in [-0.3, -0.25) is 0 Å². The number of aromatic hydroxyl groups is 1. The van der Waals surface area contributed by atoms with Gasteiger partial charge in [-0.1, -0.05) is 35.6 Å². The van der Waals surface area contributed by atoms with Crippen LogP contribution in [0.3, 0.4) is 0 Å². The lowest BCUT2D eigenvalue weighted by Gasteiger charge is -1.95. The zero-order valence-electron chi connectivity index (χ0n) is 9.45. The van der Waals surface area contributed by atoms with Crippen molar-refractivity contribution >= 4 is 32.9 Å². The summed E-state index contributed by atoms with van der Waals surface area (Å²) in [5.41, 5.74) is 1.64. The van der Waals surface area contributed by atoms with E-state index in [1.807, 2.05) is 36.4 Å². The molecule has 1 N–H and O–H groups in total. The average molecular weight is 254 g/mol. The Morgan fingerprint density at radius 3 is 2.67 bits per heavy atom. The van der Waals surface area contributed by atoms with Gasteiger partial charge in [0.25, 0.3) is 0 Å². The van der Waals surface area contributed by atoms with Crippen molar-refractivity contribution in [2.45, 2.75) is 0 Å². The minimum atomic E-state index is 0.224. The summed E-state index contributed by atoms with van der Waals surface area (Å²) in [6, 6.07) is 15.0. The summed E-state index contributed by atoms with van der Waals surface area (Å²) in [5, 5.41) is 10.3. The second-order valence-corrected chi connectivity index (χ2v) is 4.79. The van der Waals surface area contributed by atoms with Gasteiger partial charge in [-0.15, -0.1) is 0 Å². The van der Waals surface area contributed by atoms with Crippen LogP contribution >= 0.6 is 11.3 Å². The zero-order valence-corrected chi connectivity index (χ0v) is 10.3. The number of benzene rings is 2. The molecule has 18 heavy (non-hydrogen) atoms. The molecule has 0 aliphatic carbocycles. The quantitative estimate of drug-likeness (QED) is 0.708. The van der Waals surface area contributed by atoms with E-state index in [-0.39, 0.29) is 5.75 Å². The summed E-state index contributed by atoms with van der Waals surface area (Å²) in [4.78, 5) is 8.69. The van der Waals surface area contributed by atoms with Crippen LogP contribution in [0, 0.1) is 0 Å². The molecular formula is C14H10N2OS. The first kappa shape index (κ1) is 10.9. The maximum atomic E-state index is 9.62. The Kier molecular flexibility index (Phi) is 2.78. The van der Waals surface area contributed by atoms with E-state index in [0.29, 0.717) is 10.7 Å². The summed E-state index contributed by atoms with van der Waals surface area (Å²) < 4.78 is 1.11. The first-order valence-corrected chi connectivity index (χ1v) is 6.32. The van der Waals surface area contributed by atoms with Gasteiger partial charge in [-0.05, 0) is 24.3 Å². The fourth-order valence-corrected chi connectivity index (χ4v) is 2.45. The predicted octanol–water partition coefficient (Wildman–Crippen LogP) is 3.75. The second kappa shape index (κ2) is 4.58. The highest BCUT2D eigenvalue weighted by Crippen LogP contribution is 2.27. The van der Waals surface area contributed by atoms with Crippen LogP contribution in [0.5, 0.6) is 5.75 Å². The lowest BCUT2D eigenvalue weighted by molar-refractivity contribution is 0.474. The number of rotatable bonds is 2. The Balaban J connectivity index is 1.95. The molecule has 0 atom stereocenters. The third-order valence-corrected chi connectivity index (χ3v) is 3.48. The molecule has 2 aromatic carbocycles. The Labute approximate surface area is 108 Å². The zero-order chi connectivity index (χ0) is 12.4. The number of phenols is 1. The first-order valence-electron chi connectivity index (χ1n) is 5.50. The number of nitrogens with zero attached hydrogens (tertiary/aromatic N) is 2. The van der Waals surface area contributed by atoms with Gasteiger partial charge < -0.3 is 5.11 Å². The normalized spacial score (nSPS) is 11.3. The molecular weight excluding hydrogens is 244 g/mol. The van der Waals surface area contributed by atoms with E-state index in [0.717, 1.165) is 10.2 Å². The maximum absolute atomic E-state index is 9.62. The van der Waals surface area contributed by atoms with Crippen molar-refractivity contribution in [2.75, 3.05) is 0 Å². The molecule has 0 unspecified atom stereocenters. The highest BCUT2D eigenvalue weighted by molar-refractivity contribution is 7.22. The van der Waals surface area contributed by atoms with Crippen LogP contribution in [-0.4, -0.2) is 16.3 Å². The molecule has 1 heterocycles. The summed E-state index contributed by atoms with van der Waals surface area (Å²) in [6.45, 7) is 0. The van der Waals surface area contributed by atoms with Gasteiger partial charge in [-0.2, -0.15) is 0 Å². The lowest BCUT2D eigenvalue weighted by Crippen LogP contribution is -1.80. The Hall–Kier alpha value is -2.20. The number of phenolic OH excluding ortho intramolecular Hbond substituents is 1. The van der Waals surface area contributed by atoms with E-state index in [4.69, 9.17) is 0 Å². The molecule has 0 aliphatic rings. The van der Waals surface area contributed by atoms with E-state index in [1.54, 1.807) is 18.3 Å². The van der Waals surface area contributed by atoms with Crippen LogP contribution in [-0.2, 0) is 0 Å². The molecule has 0 amide bonds. The summed E-state index contributed by atoms with van der Waals surface area (Å²) in [6.07, 6.45) is 1.63. The highest BCUT2D eigenvalue weighted by atomic mass is 32.1. The number of hydrogen-bond donors (Lipinski definition) is 1. The van der Waals surface area contributed by atoms with Gasteiger partial charge in [0.1, 0.15) is 5.75 Å². The topological polar surface area (TPSA) is 45.5 Å². The maximum Gasteiger partial charge on any atom is 0.210 e. The minimum absolute atomic E-state index is 0.224. The Morgan fingerprint density at radius 1 is 1.06 bits per heavy atom. The van der Waals surface area contributed by atoms with Crippen molar-refractivity contribution in [3.05, 3.63) is 54.1 Å². The van der Waals surface area contributed by atoms with Crippen molar-refractivity contribution < 1.29 is 5.11 Å². The number of para-hydroxylation sites is 2. The second-order valence-electron chi connectivity index (χ2n) is 3.78. The fourth-order valence-electron chi connectivity index (χ4n) is 1.64. The summed E-state index contributed by atoms with van der Waals surface area (Å²) in [5.74, 6) is 0.224. The number of aliphatic imine (C=N–C) groups is 1. The van der Waals surface area contributed by atoms with Gasteiger partial charge in [0.2, 0.25) is 5.13 Å². The number of aromatic nitrogens is 1. The molecule has 0 saturated carbocycles. The average Bonchev–Trinajstić information content (AvgIpc) is 2.80. The van der Waals surface area contributed by atoms with E-state index < -0.39 is 0 Å². The van der Waals surface area contributed by atoms with Crippen LogP contribution in [0.1, 0.15) is 5.56 Å². The van der Waals surface area contributed by atoms with Gasteiger partial charge in [-0.25, -0.2) is 9.98 Å².